The minimum atomic E-state index is -1.27. The van der Waals surface area contributed by atoms with Crippen LogP contribution in [-0.2, 0) is 9.59 Å². The smallest absolute Gasteiger partial charge is 0.261 e. The van der Waals surface area contributed by atoms with Gasteiger partial charge in [-0.1, -0.05) is 6.07 Å². The van der Waals surface area contributed by atoms with Gasteiger partial charge in [0.05, 0.1) is 7.11 Å². The molecule has 1 heterocycles. The second-order valence-corrected chi connectivity index (χ2v) is 5.14. The number of piperazine rings is 1. The van der Waals surface area contributed by atoms with Crippen LogP contribution >= 0.6 is 0 Å². The molecule has 1 aliphatic heterocycles. The van der Waals surface area contributed by atoms with E-state index in [0.29, 0.717) is 0 Å². The number of carbonyl (C=O) groups excluding carboxylic acids is 3. The van der Waals surface area contributed by atoms with Crippen molar-refractivity contribution >= 4 is 17.7 Å². The molecule has 0 unspecified atom stereocenters. The maximum absolute atomic E-state index is 14.0. The van der Waals surface area contributed by atoms with E-state index in [1.54, 1.807) is 0 Å². The molecular formula is C14H15FN2O4. The van der Waals surface area contributed by atoms with Gasteiger partial charge in [-0.2, -0.15) is 0 Å². The standard InChI is InChI=1S/C14H15FN2O4/c1-14(2)13(20)16-10(18)7-17(14)12(19)11-8(15)5-4-6-9(11)21-3/h4-6H,7H2,1-3H3,(H,16,18,20). The molecule has 21 heavy (non-hydrogen) atoms. The number of methoxy groups -OCH3 is 1. The van der Waals surface area contributed by atoms with E-state index in [1.165, 1.54) is 33.1 Å². The normalized spacial score (nSPS) is 17.4. The molecule has 0 spiro atoms. The number of ether oxygens (including phenoxy) is 1. The Morgan fingerprint density at radius 2 is 2.05 bits per heavy atom. The van der Waals surface area contributed by atoms with E-state index in [1.807, 2.05) is 0 Å². The highest BCUT2D eigenvalue weighted by atomic mass is 19.1. The number of nitrogens with one attached hydrogen (secondary N) is 1. The highest BCUT2D eigenvalue weighted by molar-refractivity contribution is 6.09. The maximum Gasteiger partial charge on any atom is 0.261 e. The lowest BCUT2D eigenvalue weighted by Crippen LogP contribution is -2.65. The predicted octanol–water partition coefficient (Wildman–Crippen LogP) is 0.711. The zero-order valence-corrected chi connectivity index (χ0v) is 11.9. The minimum Gasteiger partial charge on any atom is -0.496 e. The first kappa shape index (κ1) is 15.0. The molecule has 0 aliphatic carbocycles. The number of benzene rings is 1. The summed E-state index contributed by atoms with van der Waals surface area (Å²) in [5.41, 5.74) is -1.56. The molecule has 112 valence electrons. The van der Waals surface area contributed by atoms with Crippen LogP contribution in [0.25, 0.3) is 0 Å². The quantitative estimate of drug-likeness (QED) is 0.815. The molecule has 1 aromatic carbocycles. The Bertz CT molecular complexity index is 627. The van der Waals surface area contributed by atoms with Crippen molar-refractivity contribution in [3.05, 3.63) is 29.6 Å². The molecule has 0 bridgehead atoms. The van der Waals surface area contributed by atoms with Crippen molar-refractivity contribution in [1.29, 1.82) is 0 Å². The number of rotatable bonds is 2. The van der Waals surface area contributed by atoms with E-state index in [4.69, 9.17) is 4.74 Å². The Labute approximate surface area is 120 Å². The molecule has 0 radical (unpaired) electrons. The van der Waals surface area contributed by atoms with Gasteiger partial charge in [0, 0.05) is 0 Å². The first-order chi connectivity index (χ1) is 9.78. The fourth-order valence-electron chi connectivity index (χ4n) is 2.13. The van der Waals surface area contributed by atoms with Gasteiger partial charge in [0.25, 0.3) is 11.8 Å². The van der Waals surface area contributed by atoms with Crippen molar-refractivity contribution < 1.29 is 23.5 Å². The summed E-state index contributed by atoms with van der Waals surface area (Å²) < 4.78 is 19.0. The Morgan fingerprint density at radius 3 is 2.67 bits per heavy atom. The van der Waals surface area contributed by atoms with Gasteiger partial charge >= 0.3 is 0 Å². The average molecular weight is 294 g/mol. The maximum atomic E-state index is 14.0. The van der Waals surface area contributed by atoms with Crippen molar-refractivity contribution in [1.82, 2.24) is 10.2 Å². The third-order valence-corrected chi connectivity index (χ3v) is 3.44. The first-order valence-corrected chi connectivity index (χ1v) is 6.27. The third-order valence-electron chi connectivity index (χ3n) is 3.44. The average Bonchev–Trinajstić information content (AvgIpc) is 2.42. The van der Waals surface area contributed by atoms with E-state index < -0.39 is 29.1 Å². The van der Waals surface area contributed by atoms with Gasteiger partial charge in [0.1, 0.15) is 29.2 Å². The first-order valence-electron chi connectivity index (χ1n) is 6.27. The molecule has 7 heteroatoms. The van der Waals surface area contributed by atoms with Gasteiger partial charge in [-0.15, -0.1) is 0 Å². The van der Waals surface area contributed by atoms with Crippen molar-refractivity contribution in [3.63, 3.8) is 0 Å². The summed E-state index contributed by atoms with van der Waals surface area (Å²) >= 11 is 0. The summed E-state index contributed by atoms with van der Waals surface area (Å²) in [6.45, 7) is 2.65. The van der Waals surface area contributed by atoms with Crippen LogP contribution in [-0.4, -0.2) is 41.8 Å². The van der Waals surface area contributed by atoms with Crippen LogP contribution in [0.4, 0.5) is 4.39 Å². The van der Waals surface area contributed by atoms with E-state index in [2.05, 4.69) is 5.32 Å². The lowest BCUT2D eigenvalue weighted by Gasteiger charge is -2.40. The van der Waals surface area contributed by atoms with Crippen LogP contribution < -0.4 is 10.1 Å². The van der Waals surface area contributed by atoms with E-state index in [9.17, 15) is 18.8 Å². The Balaban J connectivity index is 2.48. The molecule has 1 aliphatic rings. The van der Waals surface area contributed by atoms with Crippen LogP contribution in [0.5, 0.6) is 5.75 Å². The van der Waals surface area contributed by atoms with Crippen LogP contribution in [0.2, 0.25) is 0 Å². The zero-order valence-electron chi connectivity index (χ0n) is 11.9. The number of carbonyl (C=O) groups is 3. The number of halogens is 1. The lowest BCUT2D eigenvalue weighted by molar-refractivity contribution is -0.143. The molecular weight excluding hydrogens is 279 g/mol. The van der Waals surface area contributed by atoms with Crippen LogP contribution in [0.3, 0.4) is 0 Å². The molecule has 1 fully saturated rings. The van der Waals surface area contributed by atoms with Crippen molar-refractivity contribution in [3.8, 4) is 5.75 Å². The number of hydrogen-bond acceptors (Lipinski definition) is 4. The van der Waals surface area contributed by atoms with Crippen LogP contribution in [0, 0.1) is 5.82 Å². The van der Waals surface area contributed by atoms with Crippen molar-refractivity contribution in [2.24, 2.45) is 0 Å². The molecule has 1 aromatic rings. The van der Waals surface area contributed by atoms with Gasteiger partial charge in [0.2, 0.25) is 5.91 Å². The highest BCUT2D eigenvalue weighted by Gasteiger charge is 2.44. The fourth-order valence-corrected chi connectivity index (χ4v) is 2.13. The van der Waals surface area contributed by atoms with Gasteiger partial charge in [0.15, 0.2) is 0 Å². The summed E-state index contributed by atoms with van der Waals surface area (Å²) in [5, 5.41) is 2.15. The van der Waals surface area contributed by atoms with E-state index >= 15 is 0 Å². The topological polar surface area (TPSA) is 75.7 Å². The highest BCUT2D eigenvalue weighted by Crippen LogP contribution is 2.27. The molecule has 0 atom stereocenters. The molecule has 3 amide bonds. The van der Waals surface area contributed by atoms with Crippen molar-refractivity contribution in [2.45, 2.75) is 19.4 Å². The molecule has 0 aromatic heterocycles. The molecule has 1 N–H and O–H groups in total. The number of hydrogen-bond donors (Lipinski definition) is 1. The second-order valence-electron chi connectivity index (χ2n) is 5.14. The summed E-state index contributed by atoms with van der Waals surface area (Å²) in [6, 6.07) is 3.97. The van der Waals surface area contributed by atoms with Crippen LogP contribution in [0.1, 0.15) is 24.2 Å². The zero-order chi connectivity index (χ0) is 15.8. The van der Waals surface area contributed by atoms with Gasteiger partial charge in [-0.3, -0.25) is 19.7 Å². The molecule has 6 nitrogen and oxygen atoms in total. The number of imide groups is 1. The van der Waals surface area contributed by atoms with Gasteiger partial charge in [-0.05, 0) is 26.0 Å². The van der Waals surface area contributed by atoms with Crippen LogP contribution in [0.15, 0.2) is 18.2 Å². The van der Waals surface area contributed by atoms with E-state index in [-0.39, 0.29) is 17.9 Å². The molecule has 2 rings (SSSR count). The Kier molecular flexibility index (Phi) is 3.67. The second kappa shape index (κ2) is 5.16. The summed E-state index contributed by atoms with van der Waals surface area (Å²) in [6.07, 6.45) is 0. The third kappa shape index (κ3) is 2.46. The summed E-state index contributed by atoms with van der Waals surface area (Å²) in [4.78, 5) is 37.0. The van der Waals surface area contributed by atoms with Gasteiger partial charge < -0.3 is 9.64 Å². The minimum absolute atomic E-state index is 0.0502. The Hall–Kier alpha value is -2.44. The molecule has 0 saturated carbocycles. The van der Waals surface area contributed by atoms with Gasteiger partial charge in [-0.25, -0.2) is 4.39 Å². The number of amides is 3. The Morgan fingerprint density at radius 1 is 1.38 bits per heavy atom. The summed E-state index contributed by atoms with van der Waals surface area (Å²) in [5.74, 6) is -2.70. The predicted molar refractivity (Wildman–Crippen MR) is 71.2 cm³/mol. The monoisotopic (exact) mass is 294 g/mol. The van der Waals surface area contributed by atoms with E-state index in [0.717, 1.165) is 11.0 Å². The number of nitrogens with zero attached hydrogens (tertiary/aromatic N) is 1. The SMILES string of the molecule is COc1cccc(F)c1C(=O)N1CC(=O)NC(=O)C1(C)C. The lowest BCUT2D eigenvalue weighted by atomic mass is 9.97. The molecule has 1 saturated heterocycles. The largest absolute Gasteiger partial charge is 0.496 e. The van der Waals surface area contributed by atoms with Crippen molar-refractivity contribution in [2.75, 3.05) is 13.7 Å². The fraction of sp³-hybridized carbons (Fsp3) is 0.357. The summed E-state index contributed by atoms with van der Waals surface area (Å²) in [7, 11) is 1.31.